The van der Waals surface area contributed by atoms with Gasteiger partial charge in [0.1, 0.15) is 22.1 Å². The Kier molecular flexibility index (Phi) is 6.57. The number of aromatic nitrogens is 1. The fourth-order valence-corrected chi connectivity index (χ4v) is 4.86. The number of amides is 1. The third-order valence-electron chi connectivity index (χ3n) is 5.56. The van der Waals surface area contributed by atoms with Crippen LogP contribution in [0.2, 0.25) is 0 Å². The maximum Gasteiger partial charge on any atom is 0.350 e. The zero-order valence-corrected chi connectivity index (χ0v) is 20.2. The zero-order chi connectivity index (χ0) is 25.3. The second kappa shape index (κ2) is 9.59. The van der Waals surface area contributed by atoms with Crippen molar-refractivity contribution < 1.29 is 33.7 Å². The summed E-state index contributed by atoms with van der Waals surface area (Å²) in [6.45, 7) is 1.61. The SMILES string of the molecule is COC(=O)c1sc(N2C(=O)C(=O)C(=C(O)c3cccc(OC)c3)C2c2cccc(OC)c2)nc1C. The molecule has 2 heterocycles. The van der Waals surface area contributed by atoms with E-state index in [1.807, 2.05) is 0 Å². The highest BCUT2D eigenvalue weighted by Gasteiger charge is 2.48. The quantitative estimate of drug-likeness (QED) is 0.238. The second-order valence-corrected chi connectivity index (χ2v) is 8.56. The van der Waals surface area contributed by atoms with Crippen molar-refractivity contribution in [2.24, 2.45) is 0 Å². The van der Waals surface area contributed by atoms with Crippen molar-refractivity contribution in [1.29, 1.82) is 0 Å². The van der Waals surface area contributed by atoms with Crippen LogP contribution in [0.1, 0.15) is 32.5 Å². The summed E-state index contributed by atoms with van der Waals surface area (Å²) >= 11 is 0.931. The molecule has 0 saturated carbocycles. The number of methoxy groups -OCH3 is 3. The van der Waals surface area contributed by atoms with E-state index >= 15 is 0 Å². The Balaban J connectivity index is 1.95. The molecule has 1 unspecified atom stereocenters. The van der Waals surface area contributed by atoms with Crippen LogP contribution in [0.3, 0.4) is 0 Å². The lowest BCUT2D eigenvalue weighted by molar-refractivity contribution is -0.132. The van der Waals surface area contributed by atoms with Gasteiger partial charge < -0.3 is 19.3 Å². The van der Waals surface area contributed by atoms with E-state index in [0.29, 0.717) is 28.3 Å². The number of thiazole rings is 1. The van der Waals surface area contributed by atoms with Crippen LogP contribution in [0.4, 0.5) is 5.13 Å². The summed E-state index contributed by atoms with van der Waals surface area (Å²) in [7, 11) is 4.23. The highest BCUT2D eigenvalue weighted by Crippen LogP contribution is 2.44. The van der Waals surface area contributed by atoms with Crippen LogP contribution in [-0.4, -0.2) is 49.1 Å². The number of aliphatic hydroxyl groups is 1. The third kappa shape index (κ3) is 4.24. The second-order valence-electron chi connectivity index (χ2n) is 7.58. The number of Topliss-reactive ketones (excluding diaryl/α,β-unsaturated/α-hetero) is 1. The summed E-state index contributed by atoms with van der Waals surface area (Å²) < 4.78 is 15.4. The molecule has 1 N–H and O–H groups in total. The number of ketones is 1. The minimum Gasteiger partial charge on any atom is -0.507 e. The highest BCUT2D eigenvalue weighted by atomic mass is 32.1. The molecule has 1 atom stereocenters. The molecule has 1 amide bonds. The van der Waals surface area contributed by atoms with Crippen molar-refractivity contribution in [2.75, 3.05) is 26.2 Å². The number of esters is 1. The first-order chi connectivity index (χ1) is 16.8. The molecule has 10 heteroatoms. The Labute approximate surface area is 205 Å². The highest BCUT2D eigenvalue weighted by molar-refractivity contribution is 7.17. The Morgan fingerprint density at radius 1 is 1.03 bits per heavy atom. The largest absolute Gasteiger partial charge is 0.507 e. The van der Waals surface area contributed by atoms with E-state index in [4.69, 9.17) is 14.2 Å². The molecule has 0 bridgehead atoms. The molecule has 2 aromatic carbocycles. The van der Waals surface area contributed by atoms with E-state index < -0.39 is 23.7 Å². The van der Waals surface area contributed by atoms with Crippen LogP contribution in [0, 0.1) is 6.92 Å². The fraction of sp³-hybridized carbons (Fsp3) is 0.200. The molecule has 180 valence electrons. The Hall–Kier alpha value is -4.18. The number of hydrogen-bond donors (Lipinski definition) is 1. The minimum absolute atomic E-state index is 0.121. The number of carbonyl (C=O) groups is 3. The summed E-state index contributed by atoms with van der Waals surface area (Å²) in [6, 6.07) is 12.3. The van der Waals surface area contributed by atoms with E-state index in [-0.39, 0.29) is 21.3 Å². The number of hydrogen-bond acceptors (Lipinski definition) is 9. The molecule has 0 spiro atoms. The van der Waals surface area contributed by atoms with Crippen LogP contribution in [0.5, 0.6) is 11.5 Å². The van der Waals surface area contributed by atoms with Crippen LogP contribution in [0.25, 0.3) is 5.76 Å². The smallest absolute Gasteiger partial charge is 0.350 e. The predicted molar refractivity (Wildman–Crippen MR) is 129 cm³/mol. The van der Waals surface area contributed by atoms with Gasteiger partial charge >= 0.3 is 11.9 Å². The number of benzene rings is 2. The number of carbonyl (C=O) groups excluding carboxylic acids is 3. The lowest BCUT2D eigenvalue weighted by Crippen LogP contribution is -2.29. The molecule has 0 radical (unpaired) electrons. The average Bonchev–Trinajstić information content (AvgIpc) is 3.39. The first kappa shape index (κ1) is 24.0. The fourth-order valence-electron chi connectivity index (χ4n) is 3.85. The van der Waals surface area contributed by atoms with Crippen LogP contribution >= 0.6 is 11.3 Å². The summed E-state index contributed by atoms with van der Waals surface area (Å²) in [5.41, 5.74) is 1.06. The van der Waals surface area contributed by atoms with Gasteiger partial charge in [-0.25, -0.2) is 9.78 Å². The van der Waals surface area contributed by atoms with Gasteiger partial charge in [0.15, 0.2) is 5.13 Å². The molecule has 1 fully saturated rings. The van der Waals surface area contributed by atoms with E-state index in [2.05, 4.69) is 4.98 Å². The van der Waals surface area contributed by atoms with Gasteiger partial charge in [-0.1, -0.05) is 35.6 Å². The predicted octanol–water partition coefficient (Wildman–Crippen LogP) is 3.88. The summed E-state index contributed by atoms with van der Waals surface area (Å²) in [6.07, 6.45) is 0. The normalized spacial score (nSPS) is 16.9. The average molecular weight is 495 g/mol. The number of anilines is 1. The molecule has 1 aromatic heterocycles. The molecule has 1 aliphatic rings. The van der Waals surface area contributed by atoms with Gasteiger partial charge in [0.2, 0.25) is 0 Å². The molecular weight excluding hydrogens is 472 g/mol. The van der Waals surface area contributed by atoms with Crippen molar-refractivity contribution in [3.05, 3.63) is 75.8 Å². The first-order valence-electron chi connectivity index (χ1n) is 10.5. The molecule has 1 saturated heterocycles. The maximum absolute atomic E-state index is 13.3. The standard InChI is InChI=1S/C25H22N2O7S/c1-13-22(24(31)34-4)35-25(26-13)27-19(14-7-5-9-16(11-14)32-2)18(21(29)23(27)30)20(28)15-8-6-10-17(12-15)33-3/h5-12,19,28H,1-4H3. The Bertz CT molecular complexity index is 1360. The minimum atomic E-state index is -1.02. The van der Waals surface area contributed by atoms with E-state index in [1.54, 1.807) is 55.5 Å². The Morgan fingerprint density at radius 3 is 2.34 bits per heavy atom. The number of nitrogens with zero attached hydrogens (tertiary/aromatic N) is 2. The van der Waals surface area contributed by atoms with Gasteiger partial charge in [-0.05, 0) is 36.8 Å². The molecular formula is C25H22N2O7S. The molecule has 9 nitrogen and oxygen atoms in total. The number of rotatable bonds is 6. The Morgan fingerprint density at radius 2 is 1.69 bits per heavy atom. The van der Waals surface area contributed by atoms with Crippen molar-refractivity contribution in [3.63, 3.8) is 0 Å². The number of ether oxygens (including phenoxy) is 3. The van der Waals surface area contributed by atoms with E-state index in [0.717, 1.165) is 11.3 Å². The number of aryl methyl sites for hydroxylation is 1. The van der Waals surface area contributed by atoms with Crippen molar-refractivity contribution in [1.82, 2.24) is 4.98 Å². The van der Waals surface area contributed by atoms with Gasteiger partial charge in [-0.15, -0.1) is 0 Å². The van der Waals surface area contributed by atoms with Gasteiger partial charge in [-0.2, -0.15) is 0 Å². The van der Waals surface area contributed by atoms with Crippen LogP contribution < -0.4 is 14.4 Å². The van der Waals surface area contributed by atoms with E-state index in [1.165, 1.54) is 26.2 Å². The molecule has 0 aliphatic carbocycles. The first-order valence-corrected chi connectivity index (χ1v) is 11.3. The lowest BCUT2D eigenvalue weighted by atomic mass is 9.95. The van der Waals surface area contributed by atoms with Gasteiger partial charge in [0, 0.05) is 5.56 Å². The maximum atomic E-state index is 13.3. The molecule has 35 heavy (non-hydrogen) atoms. The number of aliphatic hydroxyl groups excluding tert-OH is 1. The van der Waals surface area contributed by atoms with Gasteiger partial charge in [0.05, 0.1) is 38.6 Å². The van der Waals surface area contributed by atoms with Crippen LogP contribution in [-0.2, 0) is 14.3 Å². The third-order valence-corrected chi connectivity index (χ3v) is 6.70. The van der Waals surface area contributed by atoms with Gasteiger partial charge in [-0.3, -0.25) is 14.5 Å². The van der Waals surface area contributed by atoms with Crippen molar-refractivity contribution in [2.45, 2.75) is 13.0 Å². The summed E-state index contributed by atoms with van der Waals surface area (Å²) in [4.78, 5) is 44.5. The lowest BCUT2D eigenvalue weighted by Gasteiger charge is -2.23. The molecule has 1 aliphatic heterocycles. The van der Waals surface area contributed by atoms with E-state index in [9.17, 15) is 19.5 Å². The molecule has 4 rings (SSSR count). The van der Waals surface area contributed by atoms with Crippen molar-refractivity contribution >= 4 is 39.9 Å². The topological polar surface area (TPSA) is 115 Å². The zero-order valence-electron chi connectivity index (χ0n) is 19.4. The monoisotopic (exact) mass is 494 g/mol. The summed E-state index contributed by atoms with van der Waals surface area (Å²) in [5.74, 6) is -1.76. The summed E-state index contributed by atoms with van der Waals surface area (Å²) in [5, 5.41) is 11.4. The van der Waals surface area contributed by atoms with Crippen LogP contribution in [0.15, 0.2) is 54.1 Å². The van der Waals surface area contributed by atoms with Gasteiger partial charge in [0.25, 0.3) is 5.78 Å². The molecule has 3 aromatic rings. The van der Waals surface area contributed by atoms with Crippen molar-refractivity contribution in [3.8, 4) is 11.5 Å².